The lowest BCUT2D eigenvalue weighted by Crippen LogP contribution is -2.00. The Hall–Kier alpha value is -1.12. The van der Waals surface area contributed by atoms with Gasteiger partial charge in [0.2, 0.25) is 0 Å². The summed E-state index contributed by atoms with van der Waals surface area (Å²) in [5.41, 5.74) is 0.401. The average Bonchev–Trinajstić information content (AvgIpc) is 2.32. The van der Waals surface area contributed by atoms with Crippen molar-refractivity contribution < 1.29 is 18.4 Å². The standard InChI is InChI=1S/C13H18FO3P/c1-3-5-10-18(15,16)17-12-9-6-8-11(7-4-2)13(12)14/h4,6,8-9H,2-3,5,7,10H2,1H3,(H,15,16). The molecule has 0 bridgehead atoms. The van der Waals surface area contributed by atoms with E-state index in [-0.39, 0.29) is 11.9 Å². The Morgan fingerprint density at radius 2 is 2.28 bits per heavy atom. The summed E-state index contributed by atoms with van der Waals surface area (Å²) in [4.78, 5) is 9.59. The van der Waals surface area contributed by atoms with Crippen molar-refractivity contribution in [3.8, 4) is 5.75 Å². The summed E-state index contributed by atoms with van der Waals surface area (Å²) in [6.07, 6.45) is 3.31. The van der Waals surface area contributed by atoms with Gasteiger partial charge >= 0.3 is 7.60 Å². The highest BCUT2D eigenvalue weighted by Gasteiger charge is 2.22. The molecule has 0 aliphatic rings. The first-order chi connectivity index (χ1) is 8.50. The van der Waals surface area contributed by atoms with E-state index in [0.29, 0.717) is 18.4 Å². The van der Waals surface area contributed by atoms with E-state index < -0.39 is 13.4 Å². The van der Waals surface area contributed by atoms with Crippen LogP contribution in [-0.2, 0) is 11.0 Å². The third-order valence-corrected chi connectivity index (χ3v) is 3.81. The highest BCUT2D eigenvalue weighted by molar-refractivity contribution is 7.53. The minimum Gasteiger partial charge on any atom is -0.421 e. The highest BCUT2D eigenvalue weighted by atomic mass is 31.2. The third-order valence-electron chi connectivity index (χ3n) is 2.44. The van der Waals surface area contributed by atoms with Gasteiger partial charge in [-0.15, -0.1) is 6.58 Å². The second-order valence-electron chi connectivity index (χ2n) is 4.03. The van der Waals surface area contributed by atoms with Gasteiger partial charge in [0.25, 0.3) is 0 Å². The minimum atomic E-state index is -3.76. The van der Waals surface area contributed by atoms with Crippen molar-refractivity contribution in [1.82, 2.24) is 0 Å². The Morgan fingerprint density at radius 1 is 1.56 bits per heavy atom. The normalized spacial score (nSPS) is 13.9. The fraction of sp³-hybridized carbons (Fsp3) is 0.385. The fourth-order valence-corrected chi connectivity index (χ4v) is 2.75. The van der Waals surface area contributed by atoms with Gasteiger partial charge < -0.3 is 9.42 Å². The second-order valence-corrected chi connectivity index (χ2v) is 5.93. The number of hydrogen-bond donors (Lipinski definition) is 1. The Labute approximate surface area is 107 Å². The maximum atomic E-state index is 13.9. The molecule has 1 atom stereocenters. The molecule has 0 saturated carbocycles. The molecule has 0 spiro atoms. The van der Waals surface area contributed by atoms with Crippen LogP contribution in [0.2, 0.25) is 0 Å². The molecule has 0 aliphatic carbocycles. The lowest BCUT2D eigenvalue weighted by molar-refractivity contribution is 0.367. The van der Waals surface area contributed by atoms with Gasteiger partial charge in [-0.2, -0.15) is 0 Å². The first-order valence-electron chi connectivity index (χ1n) is 5.90. The zero-order valence-electron chi connectivity index (χ0n) is 10.4. The van der Waals surface area contributed by atoms with Crippen LogP contribution < -0.4 is 4.52 Å². The predicted octanol–water partition coefficient (Wildman–Crippen LogP) is 3.92. The van der Waals surface area contributed by atoms with Crippen molar-refractivity contribution in [2.24, 2.45) is 0 Å². The van der Waals surface area contributed by atoms with Crippen LogP contribution in [0.3, 0.4) is 0 Å². The van der Waals surface area contributed by atoms with Crippen LogP contribution >= 0.6 is 7.60 Å². The Morgan fingerprint density at radius 3 is 2.89 bits per heavy atom. The molecule has 0 aliphatic heterocycles. The monoisotopic (exact) mass is 272 g/mol. The largest absolute Gasteiger partial charge is 0.421 e. The fourth-order valence-electron chi connectivity index (χ4n) is 1.50. The van der Waals surface area contributed by atoms with E-state index >= 15 is 0 Å². The molecule has 0 heterocycles. The molecule has 1 rings (SSSR count). The quantitative estimate of drug-likeness (QED) is 0.604. The number of unbranched alkanes of at least 4 members (excludes halogenated alkanes) is 1. The number of hydrogen-bond acceptors (Lipinski definition) is 2. The molecule has 1 aromatic rings. The van der Waals surface area contributed by atoms with Crippen molar-refractivity contribution in [2.75, 3.05) is 6.16 Å². The van der Waals surface area contributed by atoms with Crippen molar-refractivity contribution in [1.29, 1.82) is 0 Å². The van der Waals surface area contributed by atoms with Crippen LogP contribution in [0.4, 0.5) is 4.39 Å². The van der Waals surface area contributed by atoms with E-state index in [0.717, 1.165) is 6.42 Å². The van der Waals surface area contributed by atoms with Crippen LogP contribution in [0.5, 0.6) is 5.75 Å². The number of benzene rings is 1. The lowest BCUT2D eigenvalue weighted by Gasteiger charge is -2.14. The van der Waals surface area contributed by atoms with E-state index in [9.17, 15) is 13.8 Å². The van der Waals surface area contributed by atoms with Gasteiger partial charge in [-0.1, -0.05) is 31.6 Å². The van der Waals surface area contributed by atoms with E-state index in [1.807, 2.05) is 6.92 Å². The van der Waals surface area contributed by atoms with Gasteiger partial charge in [-0.05, 0) is 24.5 Å². The number of rotatable bonds is 7. The van der Waals surface area contributed by atoms with Gasteiger partial charge in [0, 0.05) is 0 Å². The van der Waals surface area contributed by atoms with Crippen molar-refractivity contribution in [3.63, 3.8) is 0 Å². The Kier molecular flexibility index (Phi) is 5.57. The molecule has 0 fully saturated rings. The van der Waals surface area contributed by atoms with Crippen molar-refractivity contribution >= 4 is 7.60 Å². The molecule has 0 amide bonds. The average molecular weight is 272 g/mol. The van der Waals surface area contributed by atoms with Gasteiger partial charge in [-0.25, -0.2) is 8.96 Å². The summed E-state index contributed by atoms with van der Waals surface area (Å²) < 4.78 is 30.5. The van der Waals surface area contributed by atoms with Crippen LogP contribution in [0.15, 0.2) is 30.9 Å². The second kappa shape index (κ2) is 6.72. The predicted molar refractivity (Wildman–Crippen MR) is 70.5 cm³/mol. The van der Waals surface area contributed by atoms with Crippen LogP contribution in [0.1, 0.15) is 25.3 Å². The molecule has 0 radical (unpaired) electrons. The van der Waals surface area contributed by atoms with E-state index in [1.54, 1.807) is 18.2 Å². The van der Waals surface area contributed by atoms with E-state index in [4.69, 9.17) is 4.52 Å². The van der Waals surface area contributed by atoms with E-state index in [2.05, 4.69) is 6.58 Å². The molecule has 0 saturated heterocycles. The molecule has 0 aromatic heterocycles. The number of halogens is 1. The van der Waals surface area contributed by atoms with Crippen LogP contribution in [0, 0.1) is 5.82 Å². The first-order valence-corrected chi connectivity index (χ1v) is 7.66. The molecule has 1 aromatic carbocycles. The van der Waals surface area contributed by atoms with Crippen molar-refractivity contribution in [3.05, 3.63) is 42.2 Å². The summed E-state index contributed by atoms with van der Waals surface area (Å²) in [5.74, 6) is -0.764. The van der Waals surface area contributed by atoms with Crippen molar-refractivity contribution in [2.45, 2.75) is 26.2 Å². The van der Waals surface area contributed by atoms with Gasteiger partial charge in [0.15, 0.2) is 11.6 Å². The highest BCUT2D eigenvalue weighted by Crippen LogP contribution is 2.44. The zero-order chi connectivity index (χ0) is 13.6. The topological polar surface area (TPSA) is 46.5 Å². The summed E-state index contributed by atoms with van der Waals surface area (Å²) in [6, 6.07) is 4.55. The maximum absolute atomic E-state index is 13.9. The van der Waals surface area contributed by atoms with Gasteiger partial charge in [-0.3, -0.25) is 0 Å². The summed E-state index contributed by atoms with van der Waals surface area (Å²) in [6.45, 7) is 5.44. The minimum absolute atomic E-state index is 0.0363. The Balaban J connectivity index is 2.87. The molecule has 5 heteroatoms. The summed E-state index contributed by atoms with van der Waals surface area (Å²) in [7, 11) is -3.76. The van der Waals surface area contributed by atoms with Gasteiger partial charge in [0.1, 0.15) is 0 Å². The summed E-state index contributed by atoms with van der Waals surface area (Å²) in [5, 5.41) is 0. The lowest BCUT2D eigenvalue weighted by atomic mass is 10.1. The molecule has 18 heavy (non-hydrogen) atoms. The molecular formula is C13H18FO3P. The maximum Gasteiger partial charge on any atom is 0.376 e. The molecule has 100 valence electrons. The van der Waals surface area contributed by atoms with Crippen LogP contribution in [0.25, 0.3) is 0 Å². The smallest absolute Gasteiger partial charge is 0.376 e. The first kappa shape index (κ1) is 14.9. The SMILES string of the molecule is C=CCc1cccc(OP(=O)(O)CCCC)c1F. The molecular weight excluding hydrogens is 254 g/mol. The Bertz CT molecular complexity index is 460. The molecule has 1 unspecified atom stereocenters. The zero-order valence-corrected chi connectivity index (χ0v) is 11.3. The molecule has 1 N–H and O–H groups in total. The van der Waals surface area contributed by atoms with Gasteiger partial charge in [0.05, 0.1) is 6.16 Å². The third kappa shape index (κ3) is 4.28. The van der Waals surface area contributed by atoms with E-state index in [1.165, 1.54) is 6.07 Å². The molecule has 3 nitrogen and oxygen atoms in total. The summed E-state index contributed by atoms with van der Waals surface area (Å²) >= 11 is 0. The number of allylic oxidation sites excluding steroid dienone is 1. The van der Waals surface area contributed by atoms with Crippen LogP contribution in [-0.4, -0.2) is 11.1 Å².